The van der Waals surface area contributed by atoms with E-state index in [-0.39, 0.29) is 6.54 Å². The molecule has 3 aromatic rings. The van der Waals surface area contributed by atoms with Gasteiger partial charge in [0.25, 0.3) is 21.9 Å². The van der Waals surface area contributed by atoms with Gasteiger partial charge in [0, 0.05) is 22.6 Å². The monoisotopic (exact) mass is 444 g/mol. The maximum Gasteiger partial charge on any atom is 0.306 e. The summed E-state index contributed by atoms with van der Waals surface area (Å²) in [4.78, 5) is 35.6. The van der Waals surface area contributed by atoms with E-state index in [4.69, 9.17) is 4.18 Å². The predicted molar refractivity (Wildman–Crippen MR) is 106 cm³/mol. The Morgan fingerprint density at radius 2 is 1.61 bits per heavy atom. The number of carbonyl (C=O) groups is 2. The van der Waals surface area contributed by atoms with Crippen molar-refractivity contribution in [2.45, 2.75) is 4.90 Å². The number of halogens is 1. The number of imide groups is 1. The molecule has 0 saturated heterocycles. The van der Waals surface area contributed by atoms with Crippen molar-refractivity contribution in [1.29, 1.82) is 0 Å². The summed E-state index contributed by atoms with van der Waals surface area (Å²) in [6.07, 6.45) is 0. The zero-order valence-corrected chi connectivity index (χ0v) is 16.5. The molecular weight excluding hydrogens is 431 g/mol. The number of carbonyl (C=O) groups excluding carboxylic acids is 2. The van der Waals surface area contributed by atoms with E-state index in [9.17, 15) is 32.5 Å². The second-order valence-electron chi connectivity index (χ2n) is 6.62. The Balaban J connectivity index is 1.54. The first-order valence-electron chi connectivity index (χ1n) is 8.92. The molecule has 0 unspecified atom stereocenters. The second kappa shape index (κ2) is 7.52. The topological polar surface area (TPSA) is 124 Å². The number of amides is 2. The maximum atomic E-state index is 13.4. The summed E-state index contributed by atoms with van der Waals surface area (Å²) in [6, 6.07) is 12.1. The van der Waals surface area contributed by atoms with Crippen LogP contribution in [0.5, 0.6) is 0 Å². The van der Waals surface area contributed by atoms with E-state index < -0.39 is 49.9 Å². The number of rotatable bonds is 6. The molecule has 1 heterocycles. The zero-order valence-electron chi connectivity index (χ0n) is 15.6. The van der Waals surface area contributed by atoms with Crippen molar-refractivity contribution in [3.63, 3.8) is 0 Å². The lowest BCUT2D eigenvalue weighted by Gasteiger charge is -2.26. The third-order valence-electron chi connectivity index (χ3n) is 4.81. The molecule has 2 amide bonds. The molecule has 3 aromatic carbocycles. The minimum Gasteiger partial charge on any atom is -0.272 e. The van der Waals surface area contributed by atoms with E-state index in [2.05, 4.69) is 0 Å². The molecule has 11 heteroatoms. The van der Waals surface area contributed by atoms with Gasteiger partial charge in [-0.25, -0.2) is 0 Å². The van der Waals surface area contributed by atoms with Crippen LogP contribution in [0.3, 0.4) is 0 Å². The fourth-order valence-corrected chi connectivity index (χ4v) is 4.30. The number of nitro benzene ring substituents is 1. The molecule has 0 bridgehead atoms. The van der Waals surface area contributed by atoms with Gasteiger partial charge in [0.2, 0.25) is 5.82 Å². The molecule has 1 aliphatic rings. The largest absolute Gasteiger partial charge is 0.306 e. The molecule has 0 spiro atoms. The Kier molecular flexibility index (Phi) is 4.99. The fourth-order valence-electron chi connectivity index (χ4n) is 3.38. The fraction of sp³-hybridized carbons (Fsp3) is 0.100. The highest BCUT2D eigenvalue weighted by Gasteiger charge is 2.33. The second-order valence-corrected chi connectivity index (χ2v) is 8.23. The van der Waals surface area contributed by atoms with Crippen LogP contribution in [0.1, 0.15) is 20.7 Å². The molecular formula is C20H13FN2O7S. The van der Waals surface area contributed by atoms with E-state index >= 15 is 0 Å². The van der Waals surface area contributed by atoms with E-state index in [0.717, 1.165) is 16.4 Å². The van der Waals surface area contributed by atoms with Crippen LogP contribution in [0, 0.1) is 15.9 Å². The standard InChI is InChI=1S/C20H13FN2O7S/c21-16-8-7-13(11-17(16)23(26)27)31(28,29)30-10-9-22-19(24)14-5-1-3-12-4-2-6-15(18(12)14)20(22)25/h1-8,11H,9-10H2. The van der Waals surface area contributed by atoms with Gasteiger partial charge in [-0.1, -0.05) is 24.3 Å². The number of benzene rings is 3. The lowest BCUT2D eigenvalue weighted by Crippen LogP contribution is -2.42. The van der Waals surface area contributed by atoms with Crippen molar-refractivity contribution in [2.75, 3.05) is 13.2 Å². The molecule has 1 aliphatic heterocycles. The van der Waals surface area contributed by atoms with Gasteiger partial charge < -0.3 is 0 Å². The first-order chi connectivity index (χ1) is 14.7. The van der Waals surface area contributed by atoms with Crippen LogP contribution in [-0.2, 0) is 14.3 Å². The van der Waals surface area contributed by atoms with Crippen molar-refractivity contribution in [3.05, 3.63) is 81.7 Å². The van der Waals surface area contributed by atoms with Gasteiger partial charge in [0.05, 0.1) is 18.1 Å². The van der Waals surface area contributed by atoms with E-state index in [1.54, 1.807) is 36.4 Å². The number of nitrogens with zero attached hydrogens (tertiary/aromatic N) is 2. The SMILES string of the molecule is O=C1c2cccc3cccc(c23)C(=O)N1CCOS(=O)(=O)c1ccc(F)c([N+](=O)[O-])c1. The number of hydrogen-bond acceptors (Lipinski definition) is 7. The summed E-state index contributed by atoms with van der Waals surface area (Å²) in [5, 5.41) is 12.1. The minimum atomic E-state index is -4.49. The van der Waals surface area contributed by atoms with Crippen LogP contribution in [0.4, 0.5) is 10.1 Å². The van der Waals surface area contributed by atoms with Crippen molar-refractivity contribution >= 4 is 38.4 Å². The van der Waals surface area contributed by atoms with Crippen molar-refractivity contribution in [1.82, 2.24) is 4.90 Å². The molecule has 0 N–H and O–H groups in total. The van der Waals surface area contributed by atoms with Crippen LogP contribution >= 0.6 is 0 Å². The van der Waals surface area contributed by atoms with E-state index in [0.29, 0.717) is 28.6 Å². The lowest BCUT2D eigenvalue weighted by atomic mass is 9.94. The summed E-state index contributed by atoms with van der Waals surface area (Å²) in [5.74, 6) is -2.37. The van der Waals surface area contributed by atoms with Crippen molar-refractivity contribution in [2.24, 2.45) is 0 Å². The smallest absolute Gasteiger partial charge is 0.272 e. The van der Waals surface area contributed by atoms with Crippen LogP contribution in [0.15, 0.2) is 59.5 Å². The van der Waals surface area contributed by atoms with Gasteiger partial charge in [-0.2, -0.15) is 12.8 Å². The number of hydrogen-bond donors (Lipinski definition) is 0. The zero-order chi connectivity index (χ0) is 22.3. The molecule has 0 atom stereocenters. The normalized spacial score (nSPS) is 13.6. The molecule has 0 fully saturated rings. The highest BCUT2D eigenvalue weighted by Crippen LogP contribution is 2.30. The van der Waals surface area contributed by atoms with Gasteiger partial charge in [-0.3, -0.25) is 28.8 Å². The lowest BCUT2D eigenvalue weighted by molar-refractivity contribution is -0.387. The van der Waals surface area contributed by atoms with Gasteiger partial charge >= 0.3 is 5.69 Å². The first-order valence-corrected chi connectivity index (χ1v) is 10.3. The third-order valence-corrected chi connectivity index (χ3v) is 6.12. The van der Waals surface area contributed by atoms with Crippen LogP contribution in [-0.4, -0.2) is 43.2 Å². The minimum absolute atomic E-state index is 0.310. The number of nitro groups is 1. The quantitative estimate of drug-likeness (QED) is 0.248. The van der Waals surface area contributed by atoms with Crippen LogP contribution in [0.2, 0.25) is 0 Å². The Morgan fingerprint density at radius 1 is 1.00 bits per heavy atom. The van der Waals surface area contributed by atoms with Gasteiger partial charge in [0.15, 0.2) is 0 Å². The van der Waals surface area contributed by atoms with E-state index in [1.807, 2.05) is 0 Å². The molecule has 0 aromatic heterocycles. The summed E-state index contributed by atoms with van der Waals surface area (Å²) < 4.78 is 42.9. The van der Waals surface area contributed by atoms with Crippen LogP contribution < -0.4 is 0 Å². The molecule has 0 aliphatic carbocycles. The summed E-state index contributed by atoms with van der Waals surface area (Å²) in [6.45, 7) is -0.950. The highest BCUT2D eigenvalue weighted by molar-refractivity contribution is 7.86. The average Bonchev–Trinajstić information content (AvgIpc) is 2.74. The first kappa shape index (κ1) is 20.6. The highest BCUT2D eigenvalue weighted by atomic mass is 32.2. The Bertz CT molecular complexity index is 1320. The Labute approximate surface area is 174 Å². The Morgan fingerprint density at radius 3 is 2.19 bits per heavy atom. The molecule has 158 valence electrons. The van der Waals surface area contributed by atoms with Gasteiger partial charge in [-0.05, 0) is 29.7 Å². The third kappa shape index (κ3) is 3.53. The summed E-state index contributed by atoms with van der Waals surface area (Å²) >= 11 is 0. The van der Waals surface area contributed by atoms with Crippen molar-refractivity contribution in [3.8, 4) is 0 Å². The predicted octanol–water partition coefficient (Wildman–Crippen LogP) is 2.89. The Hall–Kier alpha value is -3.70. The van der Waals surface area contributed by atoms with Gasteiger partial charge in [0.1, 0.15) is 4.90 Å². The maximum absolute atomic E-state index is 13.4. The summed E-state index contributed by atoms with van der Waals surface area (Å²) in [7, 11) is -4.49. The molecule has 9 nitrogen and oxygen atoms in total. The molecule has 31 heavy (non-hydrogen) atoms. The molecule has 0 saturated carbocycles. The van der Waals surface area contributed by atoms with Gasteiger partial charge in [-0.15, -0.1) is 0 Å². The van der Waals surface area contributed by atoms with Crippen LogP contribution in [0.25, 0.3) is 10.8 Å². The van der Waals surface area contributed by atoms with E-state index in [1.165, 1.54) is 0 Å². The molecule has 0 radical (unpaired) electrons. The van der Waals surface area contributed by atoms with Crippen molar-refractivity contribution < 1.29 is 31.5 Å². The summed E-state index contributed by atoms with van der Waals surface area (Å²) in [5.41, 5.74) is -0.398. The molecule has 4 rings (SSSR count). The average molecular weight is 444 g/mol.